The summed E-state index contributed by atoms with van der Waals surface area (Å²) in [6, 6.07) is 0. The smallest absolute Gasteiger partial charge is 0.289 e. The van der Waals surface area contributed by atoms with E-state index >= 15 is 0 Å². The lowest BCUT2D eigenvalue weighted by molar-refractivity contribution is 0.480. The summed E-state index contributed by atoms with van der Waals surface area (Å²) in [6.07, 6.45) is 5.54. The summed E-state index contributed by atoms with van der Waals surface area (Å²) in [7, 11) is -3.23. The average Bonchev–Trinajstić information content (AvgIpc) is 2.45. The van der Waals surface area contributed by atoms with E-state index in [9.17, 15) is 17.6 Å². The highest BCUT2D eigenvalue weighted by Gasteiger charge is 2.27. The van der Waals surface area contributed by atoms with Crippen molar-refractivity contribution in [3.8, 4) is 0 Å². The minimum Gasteiger partial charge on any atom is -0.296 e. The van der Waals surface area contributed by atoms with Gasteiger partial charge in [0.2, 0.25) is 5.82 Å². The molecule has 7 heteroatoms. The maximum atomic E-state index is 13.4. The highest BCUT2D eigenvalue weighted by molar-refractivity contribution is 7.92. The van der Waals surface area contributed by atoms with Crippen molar-refractivity contribution < 1.29 is 12.8 Å². The van der Waals surface area contributed by atoms with Crippen molar-refractivity contribution in [2.24, 2.45) is 0 Å². The highest BCUT2D eigenvalue weighted by atomic mass is 32.2. The average molecular weight is 302 g/mol. The Kier molecular flexibility index (Phi) is 4.57. The zero-order chi connectivity index (χ0) is 14.8. The van der Waals surface area contributed by atoms with Crippen LogP contribution in [0, 0.1) is 12.7 Å². The first-order valence-corrected chi connectivity index (χ1v) is 8.56. The van der Waals surface area contributed by atoms with E-state index in [4.69, 9.17) is 0 Å². The molecule has 0 unspecified atom stereocenters. The first-order chi connectivity index (χ1) is 9.42. The van der Waals surface area contributed by atoms with Crippen LogP contribution in [-0.4, -0.2) is 29.0 Å². The maximum absolute atomic E-state index is 13.4. The molecular formula is C13H19FN2O3S. The number of nitrogens with zero attached hydrogens (tertiary/aromatic N) is 2. The fraction of sp³-hybridized carbons (Fsp3) is 0.692. The van der Waals surface area contributed by atoms with Crippen molar-refractivity contribution in [1.29, 1.82) is 0 Å². The molecule has 1 aliphatic rings. The second-order valence-corrected chi connectivity index (χ2v) is 7.67. The van der Waals surface area contributed by atoms with Gasteiger partial charge in [-0.2, -0.15) is 4.39 Å². The largest absolute Gasteiger partial charge is 0.296 e. The van der Waals surface area contributed by atoms with Crippen LogP contribution in [0.25, 0.3) is 0 Å². The van der Waals surface area contributed by atoms with Gasteiger partial charge in [-0.15, -0.1) is 0 Å². The number of rotatable bonds is 4. The minimum absolute atomic E-state index is 0.0291. The van der Waals surface area contributed by atoms with Crippen molar-refractivity contribution >= 4 is 9.84 Å². The lowest BCUT2D eigenvalue weighted by atomic mass is 10.0. The van der Waals surface area contributed by atoms with E-state index in [-0.39, 0.29) is 23.2 Å². The van der Waals surface area contributed by atoms with E-state index < -0.39 is 21.2 Å². The number of aryl methyl sites for hydroxylation is 2. The Morgan fingerprint density at radius 1 is 1.35 bits per heavy atom. The van der Waals surface area contributed by atoms with Crippen LogP contribution in [-0.2, 0) is 16.4 Å². The Bertz CT molecular complexity index is 634. The Balaban J connectivity index is 2.08. The fourth-order valence-corrected chi connectivity index (χ4v) is 4.36. The lowest BCUT2D eigenvalue weighted by Crippen LogP contribution is -2.32. The Morgan fingerprint density at radius 3 is 2.65 bits per heavy atom. The van der Waals surface area contributed by atoms with Crippen LogP contribution >= 0.6 is 0 Å². The summed E-state index contributed by atoms with van der Waals surface area (Å²) in [5.74, 6) is -1.05. The molecule has 0 spiro atoms. The van der Waals surface area contributed by atoms with Gasteiger partial charge in [-0.1, -0.05) is 19.3 Å². The summed E-state index contributed by atoms with van der Waals surface area (Å²) in [6.45, 7) is 1.36. The lowest BCUT2D eigenvalue weighted by Gasteiger charge is -2.21. The minimum atomic E-state index is -3.23. The first kappa shape index (κ1) is 15.2. The monoisotopic (exact) mass is 302 g/mol. The van der Waals surface area contributed by atoms with Crippen LogP contribution < -0.4 is 5.56 Å². The van der Waals surface area contributed by atoms with Crippen LogP contribution in [0.1, 0.15) is 37.8 Å². The van der Waals surface area contributed by atoms with E-state index in [1.807, 2.05) is 0 Å². The molecule has 112 valence electrons. The fourth-order valence-electron chi connectivity index (χ4n) is 2.52. The SMILES string of the molecule is Cc1ncn(CCS(=O)(=O)C2CCCCC2)c(=O)c1F. The van der Waals surface area contributed by atoms with Crippen LogP contribution in [0.4, 0.5) is 4.39 Å². The molecule has 1 saturated carbocycles. The normalized spacial score (nSPS) is 17.3. The van der Waals surface area contributed by atoms with E-state index in [1.54, 1.807) is 0 Å². The zero-order valence-corrected chi connectivity index (χ0v) is 12.3. The van der Waals surface area contributed by atoms with Gasteiger partial charge in [0, 0.05) is 6.54 Å². The first-order valence-electron chi connectivity index (χ1n) is 6.85. The molecule has 0 amide bonds. The number of aromatic nitrogens is 2. The summed E-state index contributed by atoms with van der Waals surface area (Å²) in [4.78, 5) is 15.4. The predicted octanol–water partition coefficient (Wildman–Crippen LogP) is 1.44. The molecule has 2 rings (SSSR count). The highest BCUT2D eigenvalue weighted by Crippen LogP contribution is 2.24. The van der Waals surface area contributed by atoms with Gasteiger partial charge in [0.25, 0.3) is 5.56 Å². The third-order valence-electron chi connectivity index (χ3n) is 3.83. The molecule has 1 aromatic rings. The number of sulfone groups is 1. The summed E-state index contributed by atoms with van der Waals surface area (Å²) >= 11 is 0. The van der Waals surface area contributed by atoms with Crippen LogP contribution in [0.3, 0.4) is 0 Å². The third kappa shape index (κ3) is 3.26. The molecule has 20 heavy (non-hydrogen) atoms. The molecule has 1 fully saturated rings. The molecule has 1 heterocycles. The third-order valence-corrected chi connectivity index (χ3v) is 6.07. The van der Waals surface area contributed by atoms with Gasteiger partial charge in [-0.05, 0) is 19.8 Å². The van der Waals surface area contributed by atoms with Crippen molar-refractivity contribution in [2.75, 3.05) is 5.75 Å². The van der Waals surface area contributed by atoms with Gasteiger partial charge in [-0.25, -0.2) is 13.4 Å². The standard InChI is InChI=1S/C13H19FN2O3S/c1-10-12(14)13(17)16(9-15-10)7-8-20(18,19)11-5-3-2-4-6-11/h9,11H,2-8H2,1H3. The van der Waals surface area contributed by atoms with Crippen LogP contribution in [0.5, 0.6) is 0 Å². The number of hydrogen-bond donors (Lipinski definition) is 0. The molecule has 5 nitrogen and oxygen atoms in total. The van der Waals surface area contributed by atoms with Gasteiger partial charge in [0.05, 0.1) is 23.0 Å². The van der Waals surface area contributed by atoms with Gasteiger partial charge in [0.1, 0.15) is 0 Å². The van der Waals surface area contributed by atoms with Crippen molar-refractivity contribution in [3.63, 3.8) is 0 Å². The van der Waals surface area contributed by atoms with Crippen molar-refractivity contribution in [1.82, 2.24) is 9.55 Å². The summed E-state index contributed by atoms with van der Waals surface area (Å²) in [5, 5.41) is -0.310. The maximum Gasteiger partial charge on any atom is 0.289 e. The van der Waals surface area contributed by atoms with Crippen molar-refractivity contribution in [2.45, 2.75) is 50.8 Å². The molecule has 0 radical (unpaired) electrons. The van der Waals surface area contributed by atoms with Crippen molar-refractivity contribution in [3.05, 3.63) is 28.2 Å². The van der Waals surface area contributed by atoms with E-state index in [0.29, 0.717) is 12.8 Å². The molecular weight excluding hydrogens is 283 g/mol. The van der Waals surface area contributed by atoms with Crippen LogP contribution in [0.15, 0.2) is 11.1 Å². The second-order valence-electron chi connectivity index (χ2n) is 5.27. The predicted molar refractivity (Wildman–Crippen MR) is 73.9 cm³/mol. The topological polar surface area (TPSA) is 69.0 Å². The Labute approximate surface area is 117 Å². The summed E-state index contributed by atoms with van der Waals surface area (Å²) in [5.41, 5.74) is -0.780. The Morgan fingerprint density at radius 2 is 2.00 bits per heavy atom. The van der Waals surface area contributed by atoms with E-state index in [0.717, 1.165) is 23.8 Å². The van der Waals surface area contributed by atoms with Crippen LogP contribution in [0.2, 0.25) is 0 Å². The zero-order valence-electron chi connectivity index (χ0n) is 11.5. The molecule has 1 aromatic heterocycles. The molecule has 0 N–H and O–H groups in total. The Hall–Kier alpha value is -1.24. The molecule has 0 bridgehead atoms. The molecule has 0 saturated heterocycles. The summed E-state index contributed by atoms with van der Waals surface area (Å²) < 4.78 is 38.8. The molecule has 1 aliphatic carbocycles. The molecule has 0 atom stereocenters. The van der Waals surface area contributed by atoms with Gasteiger partial charge < -0.3 is 0 Å². The van der Waals surface area contributed by atoms with E-state index in [1.165, 1.54) is 13.3 Å². The molecule has 0 aromatic carbocycles. The number of hydrogen-bond acceptors (Lipinski definition) is 4. The van der Waals surface area contributed by atoms with Gasteiger partial charge in [-0.3, -0.25) is 9.36 Å². The number of halogens is 1. The quantitative estimate of drug-likeness (QED) is 0.844. The molecule has 0 aliphatic heterocycles. The van der Waals surface area contributed by atoms with Gasteiger partial charge in [0.15, 0.2) is 9.84 Å². The second kappa shape index (κ2) is 6.03. The van der Waals surface area contributed by atoms with E-state index in [2.05, 4.69) is 4.98 Å². The van der Waals surface area contributed by atoms with Gasteiger partial charge >= 0.3 is 0 Å².